The number of nitrogens with one attached hydrogen (secondary N) is 1. The zero-order valence-electron chi connectivity index (χ0n) is 20.0. The summed E-state index contributed by atoms with van der Waals surface area (Å²) in [5, 5.41) is 12.4. The Bertz CT molecular complexity index is 1200. The maximum Gasteiger partial charge on any atom is 0.261 e. The first-order chi connectivity index (χ1) is 17.0. The number of hydrogen-bond acceptors (Lipinski definition) is 4. The van der Waals surface area contributed by atoms with E-state index in [2.05, 4.69) is 33.4 Å². The van der Waals surface area contributed by atoms with E-state index in [1.807, 2.05) is 62.4 Å². The van der Waals surface area contributed by atoms with Crippen LogP contribution in [0.5, 0.6) is 11.5 Å². The minimum Gasteiger partial charge on any atom is -0.490 e. The minimum atomic E-state index is -0.398. The number of nitrogens with zero attached hydrogens (tertiary/aromatic N) is 1. The van der Waals surface area contributed by atoms with E-state index in [1.54, 1.807) is 18.2 Å². The van der Waals surface area contributed by atoms with Crippen LogP contribution >= 0.6 is 15.9 Å². The summed E-state index contributed by atoms with van der Waals surface area (Å²) in [5.41, 5.74) is 4.15. The molecular weight excluding hydrogens is 504 g/mol. The fraction of sp³-hybridized carbons (Fsp3) is 0.241. The van der Waals surface area contributed by atoms with Crippen LogP contribution in [0.3, 0.4) is 0 Å². The fourth-order valence-corrected chi connectivity index (χ4v) is 3.86. The van der Waals surface area contributed by atoms with Crippen molar-refractivity contribution >= 4 is 27.9 Å². The zero-order valence-corrected chi connectivity index (χ0v) is 21.6. The van der Waals surface area contributed by atoms with E-state index >= 15 is 0 Å². The van der Waals surface area contributed by atoms with Crippen molar-refractivity contribution in [2.24, 2.45) is 0 Å². The molecule has 0 fully saturated rings. The third-order valence-electron chi connectivity index (χ3n) is 5.31. The maximum atomic E-state index is 12.6. The molecule has 0 spiro atoms. The second kappa shape index (κ2) is 13.4. The standard InChI is InChI=1S/C29H29BrN2O3/c1-3-34-27-17-24(26(30)18-28(27)35-20-23-13-11-21(2)12-14-23)16-25(19-31)29(33)32-15-7-10-22-8-5-4-6-9-22/h4-6,8-9,11-14,16-18H,3,7,10,15,20H2,1-2H3,(H,32,33)/b25-16-. The predicted molar refractivity (Wildman–Crippen MR) is 142 cm³/mol. The highest BCUT2D eigenvalue weighted by Gasteiger charge is 2.14. The summed E-state index contributed by atoms with van der Waals surface area (Å²) in [7, 11) is 0. The second-order valence-corrected chi connectivity index (χ2v) is 8.90. The van der Waals surface area contributed by atoms with Gasteiger partial charge in [0.2, 0.25) is 0 Å². The van der Waals surface area contributed by atoms with Gasteiger partial charge in [0, 0.05) is 11.0 Å². The number of carbonyl (C=O) groups excluding carboxylic acids is 1. The number of nitriles is 1. The van der Waals surface area contributed by atoms with E-state index in [9.17, 15) is 10.1 Å². The highest BCUT2D eigenvalue weighted by molar-refractivity contribution is 9.10. The lowest BCUT2D eigenvalue weighted by Gasteiger charge is -2.14. The van der Waals surface area contributed by atoms with E-state index in [1.165, 1.54) is 11.1 Å². The molecule has 35 heavy (non-hydrogen) atoms. The topological polar surface area (TPSA) is 71.3 Å². The fourth-order valence-electron chi connectivity index (χ4n) is 3.43. The number of aryl methyl sites for hydroxylation is 2. The molecule has 3 rings (SSSR count). The number of benzene rings is 3. The molecule has 0 atom stereocenters. The first kappa shape index (κ1) is 26.1. The lowest BCUT2D eigenvalue weighted by atomic mass is 10.1. The number of rotatable bonds is 11. The van der Waals surface area contributed by atoms with Crippen molar-refractivity contribution in [2.45, 2.75) is 33.3 Å². The first-order valence-electron chi connectivity index (χ1n) is 11.6. The Morgan fingerprint density at radius 1 is 1.03 bits per heavy atom. The molecule has 0 heterocycles. The van der Waals surface area contributed by atoms with Gasteiger partial charge in [-0.3, -0.25) is 4.79 Å². The Morgan fingerprint density at radius 3 is 2.43 bits per heavy atom. The molecule has 1 N–H and O–H groups in total. The molecule has 0 radical (unpaired) electrons. The highest BCUT2D eigenvalue weighted by Crippen LogP contribution is 2.35. The van der Waals surface area contributed by atoms with Crippen LogP contribution in [0.2, 0.25) is 0 Å². The van der Waals surface area contributed by atoms with Crippen LogP contribution in [-0.4, -0.2) is 19.1 Å². The third-order valence-corrected chi connectivity index (χ3v) is 6.00. The average molecular weight is 533 g/mol. The van der Waals surface area contributed by atoms with Crippen LogP contribution in [0.25, 0.3) is 6.08 Å². The van der Waals surface area contributed by atoms with Gasteiger partial charge in [-0.05, 0) is 61.6 Å². The predicted octanol–water partition coefficient (Wildman–Crippen LogP) is 6.39. The largest absolute Gasteiger partial charge is 0.490 e. The van der Waals surface area contributed by atoms with Gasteiger partial charge in [0.05, 0.1) is 6.61 Å². The van der Waals surface area contributed by atoms with Crippen LogP contribution in [0.15, 0.2) is 76.8 Å². The Hall–Kier alpha value is -3.56. The lowest BCUT2D eigenvalue weighted by Crippen LogP contribution is -2.25. The summed E-state index contributed by atoms with van der Waals surface area (Å²) in [6.07, 6.45) is 3.21. The van der Waals surface area contributed by atoms with Crippen molar-refractivity contribution in [3.05, 3.63) is 99.0 Å². The molecule has 0 aliphatic carbocycles. The van der Waals surface area contributed by atoms with Crippen LogP contribution in [-0.2, 0) is 17.8 Å². The Kier molecular flexibility index (Phi) is 9.94. The van der Waals surface area contributed by atoms with E-state index in [4.69, 9.17) is 9.47 Å². The van der Waals surface area contributed by atoms with Crippen LogP contribution in [0.4, 0.5) is 0 Å². The molecule has 0 aliphatic rings. The zero-order chi connectivity index (χ0) is 25.0. The van der Waals surface area contributed by atoms with Crippen molar-refractivity contribution in [2.75, 3.05) is 13.2 Å². The normalized spacial score (nSPS) is 11.0. The van der Waals surface area contributed by atoms with E-state index in [0.717, 1.165) is 18.4 Å². The summed E-state index contributed by atoms with van der Waals surface area (Å²) < 4.78 is 12.5. The second-order valence-electron chi connectivity index (χ2n) is 8.04. The molecular formula is C29H29BrN2O3. The van der Waals surface area contributed by atoms with Gasteiger partial charge >= 0.3 is 0 Å². The first-order valence-corrected chi connectivity index (χ1v) is 12.4. The van der Waals surface area contributed by atoms with Crippen LogP contribution in [0, 0.1) is 18.3 Å². The van der Waals surface area contributed by atoms with Gasteiger partial charge in [-0.15, -0.1) is 0 Å². The SMILES string of the molecule is CCOc1cc(/C=C(/C#N)C(=O)NCCCc2ccccc2)c(Br)cc1OCc1ccc(C)cc1. The Labute approximate surface area is 215 Å². The lowest BCUT2D eigenvalue weighted by molar-refractivity contribution is -0.117. The van der Waals surface area contributed by atoms with Crippen molar-refractivity contribution < 1.29 is 14.3 Å². The van der Waals surface area contributed by atoms with Gasteiger partial charge in [-0.1, -0.05) is 76.1 Å². The van der Waals surface area contributed by atoms with Gasteiger partial charge < -0.3 is 14.8 Å². The number of ether oxygens (including phenoxy) is 2. The maximum absolute atomic E-state index is 12.6. The molecule has 3 aromatic rings. The highest BCUT2D eigenvalue weighted by atomic mass is 79.9. The van der Waals surface area contributed by atoms with Crippen molar-refractivity contribution in [1.82, 2.24) is 5.32 Å². The van der Waals surface area contributed by atoms with Crippen molar-refractivity contribution in [3.63, 3.8) is 0 Å². The molecule has 6 heteroatoms. The van der Waals surface area contributed by atoms with Gasteiger partial charge in [0.25, 0.3) is 5.91 Å². The number of carbonyl (C=O) groups is 1. The Morgan fingerprint density at radius 2 is 1.74 bits per heavy atom. The third kappa shape index (κ3) is 8.01. The summed E-state index contributed by atoms with van der Waals surface area (Å²) in [4.78, 5) is 12.6. The van der Waals surface area contributed by atoms with Crippen molar-refractivity contribution in [1.29, 1.82) is 5.26 Å². The van der Waals surface area contributed by atoms with Crippen molar-refractivity contribution in [3.8, 4) is 17.6 Å². The molecule has 0 saturated heterocycles. The van der Waals surface area contributed by atoms with E-state index < -0.39 is 5.91 Å². The summed E-state index contributed by atoms with van der Waals surface area (Å²) in [5.74, 6) is 0.736. The van der Waals surface area contributed by atoms with Gasteiger partial charge in [-0.2, -0.15) is 5.26 Å². The monoisotopic (exact) mass is 532 g/mol. The van der Waals surface area contributed by atoms with Gasteiger partial charge in [-0.25, -0.2) is 0 Å². The number of hydrogen-bond donors (Lipinski definition) is 1. The molecule has 0 bridgehead atoms. The van der Waals surface area contributed by atoms with Gasteiger partial charge in [0.15, 0.2) is 11.5 Å². The molecule has 0 aliphatic heterocycles. The molecule has 1 amide bonds. The molecule has 5 nitrogen and oxygen atoms in total. The quantitative estimate of drug-likeness (QED) is 0.176. The van der Waals surface area contributed by atoms with Crippen LogP contribution < -0.4 is 14.8 Å². The van der Waals surface area contributed by atoms with E-state index in [0.29, 0.717) is 41.3 Å². The molecule has 0 saturated carbocycles. The minimum absolute atomic E-state index is 0.0289. The molecule has 0 unspecified atom stereocenters. The van der Waals surface area contributed by atoms with Gasteiger partial charge in [0.1, 0.15) is 18.2 Å². The molecule has 3 aromatic carbocycles. The van der Waals surface area contributed by atoms with Crippen LogP contribution in [0.1, 0.15) is 35.6 Å². The number of halogens is 1. The molecule has 0 aromatic heterocycles. The average Bonchev–Trinajstić information content (AvgIpc) is 2.87. The number of amides is 1. The van der Waals surface area contributed by atoms with E-state index in [-0.39, 0.29) is 5.57 Å². The Balaban J connectivity index is 1.68. The molecule has 180 valence electrons. The summed E-state index contributed by atoms with van der Waals surface area (Å²) in [6, 6.07) is 23.8. The summed E-state index contributed by atoms with van der Waals surface area (Å²) in [6.45, 7) is 5.28. The summed E-state index contributed by atoms with van der Waals surface area (Å²) >= 11 is 3.54. The smallest absolute Gasteiger partial charge is 0.261 e.